The van der Waals surface area contributed by atoms with Crippen molar-refractivity contribution in [3.63, 3.8) is 0 Å². The quantitative estimate of drug-likeness (QED) is 0.636. The summed E-state index contributed by atoms with van der Waals surface area (Å²) in [4.78, 5) is 34.6. The van der Waals surface area contributed by atoms with Gasteiger partial charge in [0.15, 0.2) is 10.1 Å². The van der Waals surface area contributed by atoms with E-state index in [1.54, 1.807) is 12.1 Å². The minimum atomic E-state index is -1.40. The van der Waals surface area contributed by atoms with Crippen LogP contribution in [-0.2, 0) is 0 Å². The smallest absolute Gasteiger partial charge is 0.236 e. The van der Waals surface area contributed by atoms with E-state index in [1.165, 1.54) is 48.5 Å². The van der Waals surface area contributed by atoms with E-state index >= 15 is 0 Å². The minimum absolute atomic E-state index is 0.0831. The second-order valence-electron chi connectivity index (χ2n) is 4.05. The molecule has 0 aliphatic carbocycles. The van der Waals surface area contributed by atoms with Crippen LogP contribution in [-0.4, -0.2) is 16.1 Å². The van der Waals surface area contributed by atoms with Gasteiger partial charge >= 0.3 is 6.03 Å². The van der Waals surface area contributed by atoms with E-state index in [4.69, 9.17) is 0 Å². The van der Waals surface area contributed by atoms with Crippen LogP contribution in [0, 0.1) is 20.2 Å². The lowest BCUT2D eigenvalue weighted by atomic mass is 10.3. The molecule has 2 rings (SSSR count). The molecule has 9 heteroatoms. The van der Waals surface area contributed by atoms with Crippen molar-refractivity contribution in [2.45, 2.75) is 0 Å². The maximum Gasteiger partial charge on any atom is 0.446 e. The van der Waals surface area contributed by atoms with Crippen molar-refractivity contribution >= 4 is 17.4 Å². The van der Waals surface area contributed by atoms with Gasteiger partial charge in [0.2, 0.25) is 0 Å². The molecule has 0 fully saturated rings. The number of nitrogens with zero attached hydrogens (tertiary/aromatic N) is 4. The van der Waals surface area contributed by atoms with E-state index in [1.807, 2.05) is 0 Å². The molecule has 2 amide bonds. The van der Waals surface area contributed by atoms with Crippen LogP contribution >= 0.6 is 0 Å². The number of urea groups is 1. The van der Waals surface area contributed by atoms with Gasteiger partial charge < -0.3 is 0 Å². The fourth-order valence-corrected chi connectivity index (χ4v) is 1.78. The van der Waals surface area contributed by atoms with Gasteiger partial charge in [-0.1, -0.05) is 36.4 Å². The van der Waals surface area contributed by atoms with Crippen LogP contribution in [0.15, 0.2) is 60.7 Å². The molecule has 0 aliphatic rings. The predicted molar refractivity (Wildman–Crippen MR) is 77.2 cm³/mol. The molecule has 9 nitrogen and oxygen atoms in total. The zero-order valence-electron chi connectivity index (χ0n) is 11.1. The van der Waals surface area contributed by atoms with Crippen LogP contribution in [0.25, 0.3) is 0 Å². The summed E-state index contributed by atoms with van der Waals surface area (Å²) < 4.78 is 0. The number of para-hydroxylation sites is 2. The molecule has 0 heterocycles. The summed E-state index contributed by atoms with van der Waals surface area (Å²) in [7, 11) is 0. The number of hydrogen-bond donors (Lipinski definition) is 0. The second-order valence-corrected chi connectivity index (χ2v) is 4.05. The lowest BCUT2D eigenvalue weighted by Gasteiger charge is -2.16. The van der Waals surface area contributed by atoms with Crippen molar-refractivity contribution in [1.29, 1.82) is 0 Å². The van der Waals surface area contributed by atoms with Crippen molar-refractivity contribution in [2.75, 3.05) is 10.0 Å². The first kappa shape index (κ1) is 14.9. The molecule has 0 saturated heterocycles. The molecular weight excluding hydrogens is 292 g/mol. The Labute approximate surface area is 124 Å². The van der Waals surface area contributed by atoms with Crippen LogP contribution in [0.5, 0.6) is 0 Å². The Morgan fingerprint density at radius 1 is 0.727 bits per heavy atom. The Bertz CT molecular complexity index is 633. The van der Waals surface area contributed by atoms with Gasteiger partial charge in [0.25, 0.3) is 0 Å². The third kappa shape index (κ3) is 2.98. The molecule has 0 unspecified atom stereocenters. The third-order valence-electron chi connectivity index (χ3n) is 2.69. The molecular formula is C13H10N4O5. The average molecular weight is 302 g/mol. The van der Waals surface area contributed by atoms with Crippen molar-refractivity contribution < 1.29 is 14.9 Å². The summed E-state index contributed by atoms with van der Waals surface area (Å²) in [5.74, 6) is 0. The van der Waals surface area contributed by atoms with E-state index in [-0.39, 0.29) is 21.4 Å². The van der Waals surface area contributed by atoms with Crippen LogP contribution in [0.1, 0.15) is 0 Å². The highest BCUT2D eigenvalue weighted by Crippen LogP contribution is 2.20. The maximum atomic E-state index is 12.3. The van der Waals surface area contributed by atoms with Gasteiger partial charge in [-0.2, -0.15) is 0 Å². The van der Waals surface area contributed by atoms with Crippen LogP contribution in [0.3, 0.4) is 0 Å². The van der Waals surface area contributed by atoms with E-state index < -0.39 is 16.1 Å². The summed E-state index contributed by atoms with van der Waals surface area (Å²) in [5.41, 5.74) is -0.166. The number of hydrogen-bond acceptors (Lipinski definition) is 5. The van der Waals surface area contributed by atoms with Gasteiger partial charge in [-0.15, -0.1) is 0 Å². The largest absolute Gasteiger partial charge is 0.446 e. The number of hydrazine groups is 2. The first-order chi connectivity index (χ1) is 10.5. The average Bonchev–Trinajstić information content (AvgIpc) is 2.49. The number of amides is 2. The lowest BCUT2D eigenvalue weighted by molar-refractivity contribution is -0.500. The number of nitro groups is 2. The zero-order valence-corrected chi connectivity index (χ0v) is 11.1. The normalized spacial score (nSPS) is 9.82. The summed E-state index contributed by atoms with van der Waals surface area (Å²) >= 11 is 0. The predicted octanol–water partition coefficient (Wildman–Crippen LogP) is 2.50. The Morgan fingerprint density at radius 3 is 1.32 bits per heavy atom. The van der Waals surface area contributed by atoms with Crippen molar-refractivity contribution in [1.82, 2.24) is 0 Å². The Kier molecular flexibility index (Phi) is 4.27. The summed E-state index contributed by atoms with van der Waals surface area (Å²) in [6.07, 6.45) is 0. The fourth-order valence-electron chi connectivity index (χ4n) is 1.78. The number of carbonyl (C=O) groups excluding carboxylic acids is 1. The highest BCUT2D eigenvalue weighted by atomic mass is 16.7. The molecule has 112 valence electrons. The summed E-state index contributed by atoms with van der Waals surface area (Å²) in [6, 6.07) is 13.0. The first-order valence-corrected chi connectivity index (χ1v) is 6.05. The van der Waals surface area contributed by atoms with E-state index in [0.717, 1.165) is 0 Å². The highest BCUT2D eigenvalue weighted by Gasteiger charge is 2.39. The Hall–Kier alpha value is -3.49. The molecule has 0 aromatic heterocycles. The Balaban J connectivity index is 2.45. The molecule has 2 aromatic carbocycles. The third-order valence-corrected chi connectivity index (χ3v) is 2.69. The van der Waals surface area contributed by atoms with E-state index in [9.17, 15) is 25.0 Å². The van der Waals surface area contributed by atoms with Gasteiger partial charge in [0, 0.05) is 10.0 Å². The summed E-state index contributed by atoms with van der Waals surface area (Å²) in [6.45, 7) is 0. The van der Waals surface area contributed by atoms with Crippen molar-refractivity contribution in [2.24, 2.45) is 0 Å². The molecule has 22 heavy (non-hydrogen) atoms. The number of carbonyl (C=O) groups is 1. The van der Waals surface area contributed by atoms with Crippen LogP contribution in [0.4, 0.5) is 16.2 Å². The van der Waals surface area contributed by atoms with Crippen LogP contribution < -0.4 is 10.0 Å². The van der Waals surface area contributed by atoms with Gasteiger partial charge in [-0.3, -0.25) is 0 Å². The topological polar surface area (TPSA) is 110 Å². The fraction of sp³-hybridized carbons (Fsp3) is 0. The molecule has 0 aliphatic heterocycles. The molecule has 0 radical (unpaired) electrons. The van der Waals surface area contributed by atoms with E-state index in [2.05, 4.69) is 0 Å². The van der Waals surface area contributed by atoms with Gasteiger partial charge in [-0.05, 0) is 24.3 Å². The second kappa shape index (κ2) is 6.31. The highest BCUT2D eigenvalue weighted by molar-refractivity contribution is 6.00. The zero-order chi connectivity index (χ0) is 16.1. The van der Waals surface area contributed by atoms with Crippen LogP contribution in [0.2, 0.25) is 0 Å². The number of anilines is 2. The van der Waals surface area contributed by atoms with E-state index in [0.29, 0.717) is 0 Å². The van der Waals surface area contributed by atoms with Crippen molar-refractivity contribution in [3.05, 3.63) is 80.9 Å². The maximum absolute atomic E-state index is 12.3. The monoisotopic (exact) mass is 302 g/mol. The van der Waals surface area contributed by atoms with Crippen molar-refractivity contribution in [3.8, 4) is 0 Å². The molecule has 2 aromatic rings. The molecule has 0 N–H and O–H groups in total. The first-order valence-electron chi connectivity index (χ1n) is 6.05. The molecule has 0 spiro atoms. The van der Waals surface area contributed by atoms with Gasteiger partial charge in [-0.25, -0.2) is 25.0 Å². The molecule has 0 bridgehead atoms. The number of rotatable bonds is 4. The summed E-state index contributed by atoms with van der Waals surface area (Å²) in [5, 5.41) is 20.6. The van der Waals surface area contributed by atoms with Gasteiger partial charge in [0.05, 0.1) is 0 Å². The standard InChI is InChI=1S/C13H10N4O5/c18-13(14(16(19)20)11-7-3-1-4-8-11)15(17(21)22)12-9-5-2-6-10-12/h1-10H. The van der Waals surface area contributed by atoms with Gasteiger partial charge in [0.1, 0.15) is 11.4 Å². The molecule has 0 atom stereocenters. The number of benzene rings is 2. The Morgan fingerprint density at radius 2 is 1.05 bits per heavy atom. The minimum Gasteiger partial charge on any atom is -0.236 e. The lowest BCUT2D eigenvalue weighted by Crippen LogP contribution is -2.49. The SMILES string of the molecule is O=C(N(c1ccccc1)[N+](=O)[O-])N(c1ccccc1)[N+](=O)[O-]. The molecule has 0 saturated carbocycles.